The van der Waals surface area contributed by atoms with E-state index in [0.717, 1.165) is 22.0 Å². The first kappa shape index (κ1) is 27.7. The van der Waals surface area contributed by atoms with Gasteiger partial charge in [-0.15, -0.1) is 23.5 Å². The summed E-state index contributed by atoms with van der Waals surface area (Å²) in [5, 5.41) is 4.76. The lowest BCUT2D eigenvalue weighted by Gasteiger charge is -2.24. The van der Waals surface area contributed by atoms with Gasteiger partial charge >= 0.3 is 8.80 Å². The van der Waals surface area contributed by atoms with Crippen molar-refractivity contribution in [3.8, 4) is 0 Å². The van der Waals surface area contributed by atoms with E-state index in [2.05, 4.69) is 33.0 Å². The van der Waals surface area contributed by atoms with Crippen LogP contribution in [-0.4, -0.2) is 51.1 Å². The number of anilines is 1. The Morgan fingerprint density at radius 3 is 1.61 bits per heavy atom. The molecule has 0 atom stereocenters. The summed E-state index contributed by atoms with van der Waals surface area (Å²) in [6, 6.07) is 15.8. The molecular formula is C25H35NO4S2Si. The molecule has 0 saturated heterocycles. The van der Waals surface area contributed by atoms with Crippen LogP contribution in [0.1, 0.15) is 38.8 Å². The molecular weight excluding hydrogens is 470 g/mol. The Hall–Kier alpha value is -1.55. The first-order chi connectivity index (χ1) is 15.7. The maximum Gasteiger partial charge on any atom is 0.536 e. The third-order valence-corrected chi connectivity index (χ3v) is 10.1. The van der Waals surface area contributed by atoms with Gasteiger partial charge in [-0.2, -0.15) is 0 Å². The van der Waals surface area contributed by atoms with Crippen LogP contribution in [0, 0.1) is 0 Å². The Balaban J connectivity index is 2.03. The van der Waals surface area contributed by atoms with Crippen LogP contribution in [0.25, 0.3) is 12.2 Å². The predicted molar refractivity (Wildman–Crippen MR) is 146 cm³/mol. The average molecular weight is 506 g/mol. The normalized spacial score (nSPS) is 12.3. The molecule has 8 heteroatoms. The molecule has 0 heterocycles. The fourth-order valence-corrected chi connectivity index (χ4v) is 7.85. The van der Waals surface area contributed by atoms with Gasteiger partial charge in [-0.3, -0.25) is 4.79 Å². The summed E-state index contributed by atoms with van der Waals surface area (Å²) in [4.78, 5) is 12.8. The van der Waals surface area contributed by atoms with E-state index in [9.17, 15) is 4.79 Å². The monoisotopic (exact) mass is 505 g/mol. The van der Waals surface area contributed by atoms with E-state index in [4.69, 9.17) is 13.3 Å². The molecule has 0 radical (unpaired) electrons. The molecule has 5 nitrogen and oxygen atoms in total. The Morgan fingerprint density at radius 2 is 1.21 bits per heavy atom. The third-order valence-electron chi connectivity index (χ3n) is 4.72. The molecule has 0 spiro atoms. The Bertz CT molecular complexity index is 879. The van der Waals surface area contributed by atoms with Gasteiger partial charge in [-0.1, -0.05) is 76.2 Å². The minimum atomic E-state index is -2.81. The van der Waals surface area contributed by atoms with Gasteiger partial charge in [0.05, 0.1) is 0 Å². The number of hydrogen-bond acceptors (Lipinski definition) is 6. The molecule has 0 aliphatic rings. The zero-order valence-corrected chi connectivity index (χ0v) is 23.1. The van der Waals surface area contributed by atoms with Crippen LogP contribution in [0.4, 0.5) is 5.69 Å². The molecule has 0 bridgehead atoms. The van der Waals surface area contributed by atoms with Gasteiger partial charge in [-0.05, 0) is 23.3 Å². The summed E-state index contributed by atoms with van der Waals surface area (Å²) in [6.07, 6.45) is 4.09. The fourth-order valence-electron chi connectivity index (χ4n) is 3.12. The molecule has 0 saturated carbocycles. The van der Waals surface area contributed by atoms with Crippen molar-refractivity contribution in [1.82, 2.24) is 0 Å². The summed E-state index contributed by atoms with van der Waals surface area (Å²) >= 11 is 3.38. The van der Waals surface area contributed by atoms with Crippen LogP contribution in [0.2, 0.25) is 0 Å². The second kappa shape index (κ2) is 13.4. The van der Waals surface area contributed by atoms with Crippen LogP contribution in [0.15, 0.2) is 48.5 Å². The largest absolute Gasteiger partial charge is 0.536 e. The lowest BCUT2D eigenvalue weighted by atomic mass is 10.1. The topological polar surface area (TPSA) is 56.8 Å². The summed E-state index contributed by atoms with van der Waals surface area (Å²) in [7, 11) is 2.00. The first-order valence-electron chi connectivity index (χ1n) is 10.9. The summed E-state index contributed by atoms with van der Waals surface area (Å²) in [5.41, 5.74) is 2.91. The van der Waals surface area contributed by atoms with Gasteiger partial charge in [0.25, 0.3) is 0 Å². The number of hydrogen-bond donors (Lipinski definition) is 1. The predicted octanol–water partition coefficient (Wildman–Crippen LogP) is 5.49. The van der Waals surface area contributed by atoms with Crippen LogP contribution in [0.5, 0.6) is 0 Å². The Labute approximate surface area is 208 Å². The van der Waals surface area contributed by atoms with Crippen LogP contribution < -0.4 is 10.5 Å². The number of rotatable bonds is 12. The lowest BCUT2D eigenvalue weighted by molar-refractivity contribution is -0.114. The van der Waals surface area contributed by atoms with Crippen molar-refractivity contribution in [2.75, 3.05) is 26.6 Å². The van der Waals surface area contributed by atoms with Crippen LogP contribution in [0.3, 0.4) is 0 Å². The maximum absolute atomic E-state index is 12.8. The van der Waals surface area contributed by atoms with Gasteiger partial charge in [0, 0.05) is 42.7 Å². The van der Waals surface area contributed by atoms with Gasteiger partial charge < -0.3 is 18.6 Å². The Morgan fingerprint density at radius 1 is 0.788 bits per heavy atom. The van der Waals surface area contributed by atoms with Gasteiger partial charge in [0.2, 0.25) is 5.91 Å². The zero-order valence-electron chi connectivity index (χ0n) is 20.5. The summed E-state index contributed by atoms with van der Waals surface area (Å²) < 4.78 is 16.5. The SMILES string of the molecule is CO[Si](OC)(OC)c1ccc(/C=C/c2ccc(NC(=O)C(SC(C)C)SC(C)C)cc2)cc1. The molecule has 1 amide bonds. The van der Waals surface area contributed by atoms with E-state index in [0.29, 0.717) is 10.5 Å². The maximum atomic E-state index is 12.8. The standard InChI is InChI=1S/C25H35NO4S2Si/c1-18(2)31-25(32-19(3)4)24(27)26-22-14-10-20(11-15-22)8-9-21-12-16-23(17-13-21)33(28-5,29-6)30-7/h8-19,25H,1-7H3,(H,26,27)/b9-8+. The number of nitrogens with one attached hydrogen (secondary N) is 1. The number of benzene rings is 2. The molecule has 0 aliphatic heterocycles. The Kier molecular flexibility index (Phi) is 11.2. The van der Waals surface area contributed by atoms with E-state index in [1.54, 1.807) is 44.9 Å². The van der Waals surface area contributed by atoms with Crippen molar-refractivity contribution in [3.63, 3.8) is 0 Å². The van der Waals surface area contributed by atoms with E-state index >= 15 is 0 Å². The van der Waals surface area contributed by atoms with Crippen molar-refractivity contribution in [2.45, 2.75) is 42.8 Å². The molecule has 180 valence electrons. The summed E-state index contributed by atoms with van der Waals surface area (Å²) in [6.45, 7) is 8.47. The quantitative estimate of drug-likeness (QED) is 0.234. The molecule has 33 heavy (non-hydrogen) atoms. The molecule has 2 rings (SSSR count). The number of carbonyl (C=O) groups excluding carboxylic acids is 1. The highest BCUT2D eigenvalue weighted by Crippen LogP contribution is 2.31. The second-order valence-corrected chi connectivity index (χ2v) is 14.5. The van der Waals surface area contributed by atoms with Gasteiger partial charge in [0.15, 0.2) is 0 Å². The fraction of sp³-hybridized carbons (Fsp3) is 0.400. The van der Waals surface area contributed by atoms with E-state index in [-0.39, 0.29) is 10.5 Å². The zero-order chi connectivity index (χ0) is 24.4. The van der Waals surface area contributed by atoms with Gasteiger partial charge in [0.1, 0.15) is 4.58 Å². The van der Waals surface area contributed by atoms with E-state index in [1.807, 2.05) is 60.7 Å². The van der Waals surface area contributed by atoms with Crippen molar-refractivity contribution in [2.24, 2.45) is 0 Å². The van der Waals surface area contributed by atoms with Gasteiger partial charge in [-0.25, -0.2) is 0 Å². The van der Waals surface area contributed by atoms with Crippen LogP contribution >= 0.6 is 23.5 Å². The molecule has 1 N–H and O–H groups in total. The second-order valence-electron chi connectivity index (χ2n) is 7.94. The smallest absolute Gasteiger partial charge is 0.373 e. The molecule has 0 aromatic heterocycles. The van der Waals surface area contributed by atoms with Crippen molar-refractivity contribution in [3.05, 3.63) is 59.7 Å². The molecule has 0 unspecified atom stereocenters. The number of amides is 1. The minimum Gasteiger partial charge on any atom is -0.373 e. The average Bonchev–Trinajstić information content (AvgIpc) is 2.80. The molecule has 0 aliphatic carbocycles. The highest BCUT2D eigenvalue weighted by atomic mass is 32.2. The lowest BCUT2D eigenvalue weighted by Crippen LogP contribution is -2.54. The first-order valence-corrected chi connectivity index (χ1v) is 14.5. The van der Waals surface area contributed by atoms with Crippen molar-refractivity contribution >= 4 is 61.3 Å². The van der Waals surface area contributed by atoms with E-state index in [1.165, 1.54) is 0 Å². The van der Waals surface area contributed by atoms with E-state index < -0.39 is 8.80 Å². The molecule has 0 fully saturated rings. The minimum absolute atomic E-state index is 0.0404. The highest BCUT2D eigenvalue weighted by molar-refractivity contribution is 8.18. The van der Waals surface area contributed by atoms with Crippen LogP contribution in [-0.2, 0) is 18.1 Å². The number of thioether (sulfide) groups is 2. The third kappa shape index (κ3) is 8.31. The molecule has 2 aromatic carbocycles. The highest BCUT2D eigenvalue weighted by Gasteiger charge is 2.40. The molecule has 2 aromatic rings. The summed E-state index contributed by atoms with van der Waals surface area (Å²) in [5.74, 6) is 0.0404. The number of carbonyl (C=O) groups is 1. The van der Waals surface area contributed by atoms with Crippen molar-refractivity contribution < 1.29 is 18.1 Å². The van der Waals surface area contributed by atoms with Crippen molar-refractivity contribution in [1.29, 1.82) is 0 Å².